The first-order valence-electron chi connectivity index (χ1n) is 14.5. The van der Waals surface area contributed by atoms with Gasteiger partial charge in [0.05, 0.1) is 59.5 Å². The number of hydrogen-bond donors (Lipinski definition) is 2. The molecule has 10 nitrogen and oxygen atoms in total. The number of carbonyl (C=O) groups is 3. The van der Waals surface area contributed by atoms with Gasteiger partial charge >= 0.3 is 0 Å². The molecular weight excluding hydrogens is 524 g/mol. The SMILES string of the molecule is CSCCCCCCNC(=O)COCCOCCOCCOCCOCCNC(=O)CCCCCCC(C)=O. The molecule has 0 spiro atoms. The normalized spacial score (nSPS) is 11.0. The summed E-state index contributed by atoms with van der Waals surface area (Å²) in [5, 5.41) is 5.71. The molecule has 0 atom stereocenters. The first kappa shape index (κ1) is 37.8. The lowest BCUT2D eigenvalue weighted by molar-refractivity contribution is -0.126. The fraction of sp³-hybridized carbons (Fsp3) is 0.893. The van der Waals surface area contributed by atoms with Gasteiger partial charge in [0.1, 0.15) is 12.4 Å². The maximum atomic E-state index is 11.7. The van der Waals surface area contributed by atoms with Crippen molar-refractivity contribution in [2.24, 2.45) is 0 Å². The Hall–Kier alpha value is -1.24. The average molecular weight is 579 g/mol. The average Bonchev–Trinajstić information content (AvgIpc) is 2.91. The minimum atomic E-state index is -0.0831. The first-order chi connectivity index (χ1) is 19.1. The van der Waals surface area contributed by atoms with E-state index in [0.29, 0.717) is 85.4 Å². The molecule has 0 bridgehead atoms. The second-order valence-electron chi connectivity index (χ2n) is 9.23. The van der Waals surface area contributed by atoms with Gasteiger partial charge in [-0.25, -0.2) is 0 Å². The molecule has 0 unspecified atom stereocenters. The van der Waals surface area contributed by atoms with Crippen LogP contribution in [0.4, 0.5) is 0 Å². The number of rotatable bonds is 31. The summed E-state index contributed by atoms with van der Waals surface area (Å²) in [4.78, 5) is 34.3. The highest BCUT2D eigenvalue weighted by Gasteiger charge is 2.02. The molecule has 0 rings (SSSR count). The van der Waals surface area contributed by atoms with Crippen LogP contribution >= 0.6 is 11.8 Å². The maximum absolute atomic E-state index is 11.7. The number of carbonyl (C=O) groups excluding carboxylic acids is 3. The summed E-state index contributed by atoms with van der Waals surface area (Å²) in [5.74, 6) is 1.39. The Bertz CT molecular complexity index is 584. The van der Waals surface area contributed by atoms with Gasteiger partial charge in [-0.3, -0.25) is 9.59 Å². The lowest BCUT2D eigenvalue weighted by Crippen LogP contribution is -2.29. The van der Waals surface area contributed by atoms with Crippen molar-refractivity contribution in [1.82, 2.24) is 10.6 Å². The molecule has 0 aromatic carbocycles. The number of hydrogen-bond acceptors (Lipinski definition) is 9. The van der Waals surface area contributed by atoms with Gasteiger partial charge in [0.25, 0.3) is 0 Å². The molecule has 2 amide bonds. The monoisotopic (exact) mass is 578 g/mol. The summed E-state index contributed by atoms with van der Waals surface area (Å²) >= 11 is 1.87. The zero-order chi connectivity index (χ0) is 28.7. The molecule has 0 radical (unpaired) electrons. The van der Waals surface area contributed by atoms with Crippen molar-refractivity contribution < 1.29 is 38.1 Å². The minimum absolute atomic E-state index is 0.0380. The third-order valence-electron chi connectivity index (χ3n) is 5.57. The summed E-state index contributed by atoms with van der Waals surface area (Å²) in [6.45, 7) is 6.92. The smallest absolute Gasteiger partial charge is 0.245 e. The fourth-order valence-electron chi connectivity index (χ4n) is 3.41. The van der Waals surface area contributed by atoms with E-state index in [2.05, 4.69) is 16.9 Å². The highest BCUT2D eigenvalue weighted by atomic mass is 32.2. The number of Topliss-reactive ketones (excluding diaryl/α,β-unsaturated/α-hetero) is 1. The van der Waals surface area contributed by atoms with Gasteiger partial charge in [-0.1, -0.05) is 25.7 Å². The van der Waals surface area contributed by atoms with Crippen LogP contribution in [-0.4, -0.2) is 109 Å². The quantitative estimate of drug-likeness (QED) is 0.120. The molecular formula is C28H54N2O8S. The number of amides is 2. The fourth-order valence-corrected chi connectivity index (χ4v) is 3.91. The van der Waals surface area contributed by atoms with Crippen LogP contribution in [0.15, 0.2) is 0 Å². The van der Waals surface area contributed by atoms with Crippen LogP contribution in [-0.2, 0) is 38.1 Å². The number of unbranched alkanes of at least 4 members (excludes halogenated alkanes) is 6. The van der Waals surface area contributed by atoms with E-state index in [9.17, 15) is 14.4 Å². The highest BCUT2D eigenvalue weighted by Crippen LogP contribution is 2.06. The molecule has 0 saturated carbocycles. The number of thioether (sulfide) groups is 1. The van der Waals surface area contributed by atoms with E-state index in [1.807, 2.05) is 11.8 Å². The summed E-state index contributed by atoms with van der Waals surface area (Å²) in [5.41, 5.74) is 0. The largest absolute Gasteiger partial charge is 0.377 e. The standard InChI is InChI=1S/C28H54N2O8S/c1-26(31)11-7-3-4-8-12-27(32)30-14-15-34-16-17-35-18-19-36-20-21-37-22-23-38-25-28(33)29-13-9-5-6-10-24-39-2/h3-25H2,1-2H3,(H,29,33)(H,30,32). The van der Waals surface area contributed by atoms with E-state index in [-0.39, 0.29) is 24.2 Å². The Balaban J connectivity index is 3.20. The molecule has 0 fully saturated rings. The molecule has 0 saturated heterocycles. The summed E-state index contributed by atoms with van der Waals surface area (Å²) < 4.78 is 27.1. The molecule has 0 aliphatic heterocycles. The zero-order valence-electron chi connectivity index (χ0n) is 24.4. The number of ether oxygens (including phenoxy) is 5. The Kier molecular flexibility index (Phi) is 30.3. The number of nitrogens with one attached hydrogen (secondary N) is 2. The van der Waals surface area contributed by atoms with Crippen LogP contribution in [0.2, 0.25) is 0 Å². The molecule has 0 aromatic rings. The molecule has 11 heteroatoms. The van der Waals surface area contributed by atoms with Gasteiger partial charge in [0, 0.05) is 25.9 Å². The van der Waals surface area contributed by atoms with Crippen LogP contribution < -0.4 is 10.6 Å². The van der Waals surface area contributed by atoms with E-state index < -0.39 is 0 Å². The lowest BCUT2D eigenvalue weighted by Gasteiger charge is -2.09. The van der Waals surface area contributed by atoms with Crippen molar-refractivity contribution in [3.8, 4) is 0 Å². The van der Waals surface area contributed by atoms with Gasteiger partial charge in [-0.05, 0) is 44.6 Å². The van der Waals surface area contributed by atoms with Crippen LogP contribution in [0, 0.1) is 0 Å². The van der Waals surface area contributed by atoms with Crippen LogP contribution in [0.1, 0.15) is 71.1 Å². The summed E-state index contributed by atoms with van der Waals surface area (Å²) in [7, 11) is 0. The van der Waals surface area contributed by atoms with E-state index >= 15 is 0 Å². The van der Waals surface area contributed by atoms with Gasteiger partial charge in [-0.2, -0.15) is 11.8 Å². The Morgan fingerprint density at radius 3 is 1.62 bits per heavy atom. The Labute approximate surface area is 240 Å². The van der Waals surface area contributed by atoms with Crippen LogP contribution in [0.25, 0.3) is 0 Å². The molecule has 39 heavy (non-hydrogen) atoms. The third-order valence-corrected chi connectivity index (χ3v) is 6.27. The van der Waals surface area contributed by atoms with Gasteiger partial charge < -0.3 is 39.1 Å². The van der Waals surface area contributed by atoms with Crippen molar-refractivity contribution in [2.75, 3.05) is 91.2 Å². The third kappa shape index (κ3) is 32.9. The topological polar surface area (TPSA) is 121 Å². The Morgan fingerprint density at radius 2 is 1.03 bits per heavy atom. The minimum Gasteiger partial charge on any atom is -0.377 e. The number of ketones is 1. The summed E-state index contributed by atoms with van der Waals surface area (Å²) in [6, 6.07) is 0. The Morgan fingerprint density at radius 1 is 0.538 bits per heavy atom. The molecule has 2 N–H and O–H groups in total. The van der Waals surface area contributed by atoms with E-state index in [4.69, 9.17) is 23.7 Å². The van der Waals surface area contributed by atoms with Crippen LogP contribution in [0.3, 0.4) is 0 Å². The van der Waals surface area contributed by atoms with Crippen molar-refractivity contribution in [3.05, 3.63) is 0 Å². The second kappa shape index (κ2) is 31.3. The maximum Gasteiger partial charge on any atom is 0.245 e. The van der Waals surface area contributed by atoms with Crippen molar-refractivity contribution in [2.45, 2.75) is 71.1 Å². The van der Waals surface area contributed by atoms with Crippen molar-refractivity contribution in [1.29, 1.82) is 0 Å². The van der Waals surface area contributed by atoms with Crippen LogP contribution in [0.5, 0.6) is 0 Å². The zero-order valence-corrected chi connectivity index (χ0v) is 25.3. The summed E-state index contributed by atoms with van der Waals surface area (Å²) in [6.07, 6.45) is 11.6. The lowest BCUT2D eigenvalue weighted by atomic mass is 10.1. The highest BCUT2D eigenvalue weighted by molar-refractivity contribution is 7.98. The van der Waals surface area contributed by atoms with Gasteiger partial charge in [0.15, 0.2) is 0 Å². The molecule has 0 heterocycles. The van der Waals surface area contributed by atoms with Gasteiger partial charge in [-0.15, -0.1) is 0 Å². The molecule has 0 aliphatic rings. The van der Waals surface area contributed by atoms with E-state index in [1.54, 1.807) is 6.92 Å². The van der Waals surface area contributed by atoms with E-state index in [0.717, 1.165) is 38.5 Å². The predicted octanol–water partition coefficient (Wildman–Crippen LogP) is 3.15. The van der Waals surface area contributed by atoms with Gasteiger partial charge in [0.2, 0.25) is 11.8 Å². The van der Waals surface area contributed by atoms with Crippen molar-refractivity contribution >= 4 is 29.4 Å². The second-order valence-corrected chi connectivity index (χ2v) is 10.2. The first-order valence-corrected chi connectivity index (χ1v) is 15.9. The molecule has 230 valence electrons. The van der Waals surface area contributed by atoms with E-state index in [1.165, 1.54) is 18.6 Å². The van der Waals surface area contributed by atoms with Crippen molar-refractivity contribution in [3.63, 3.8) is 0 Å². The predicted molar refractivity (Wildman–Crippen MR) is 155 cm³/mol. The molecule has 0 aromatic heterocycles. The molecule has 0 aliphatic carbocycles.